The lowest BCUT2D eigenvalue weighted by atomic mass is 10.2. The molecule has 0 aliphatic heterocycles. The highest BCUT2D eigenvalue weighted by molar-refractivity contribution is 7.92. The van der Waals surface area contributed by atoms with E-state index in [0.717, 1.165) is 11.1 Å². The zero-order valence-corrected chi connectivity index (χ0v) is 15.6. The third kappa shape index (κ3) is 4.87. The molecule has 0 atom stereocenters. The van der Waals surface area contributed by atoms with Crippen molar-refractivity contribution < 1.29 is 22.6 Å². The summed E-state index contributed by atoms with van der Waals surface area (Å²) in [5, 5.41) is 0. The van der Waals surface area contributed by atoms with Gasteiger partial charge in [-0.2, -0.15) is 0 Å². The largest absolute Gasteiger partial charge is 0.495 e. The Labute approximate surface area is 148 Å². The normalized spacial score (nSPS) is 11.2. The van der Waals surface area contributed by atoms with Crippen LogP contribution in [0.1, 0.15) is 11.1 Å². The van der Waals surface area contributed by atoms with Gasteiger partial charge in [-0.05, 0) is 55.3 Å². The Balaban J connectivity index is 2.25. The van der Waals surface area contributed by atoms with Gasteiger partial charge in [0.1, 0.15) is 18.1 Å². The van der Waals surface area contributed by atoms with Crippen LogP contribution in [0.25, 0.3) is 0 Å². The molecule has 7 heteroatoms. The highest BCUT2D eigenvalue weighted by Crippen LogP contribution is 2.29. The minimum absolute atomic E-state index is 0.160. The fourth-order valence-corrected chi connectivity index (χ4v) is 3.44. The maximum Gasteiger partial charge on any atom is 0.262 e. The molecule has 1 N–H and O–H groups in total. The lowest BCUT2D eigenvalue weighted by molar-refractivity contribution is 0.146. The molecule has 0 aromatic heterocycles. The molecule has 2 aromatic carbocycles. The SMILES string of the molecule is COCCOc1ccc(S(=O)(=O)Nc2cc(C)ccc2OC)cc1C. The maximum absolute atomic E-state index is 12.7. The van der Waals surface area contributed by atoms with Crippen molar-refractivity contribution in [1.82, 2.24) is 0 Å². The summed E-state index contributed by atoms with van der Waals surface area (Å²) in [4.78, 5) is 0.160. The molecule has 0 aliphatic carbocycles. The molecule has 0 fully saturated rings. The summed E-state index contributed by atoms with van der Waals surface area (Å²) in [6.07, 6.45) is 0. The topological polar surface area (TPSA) is 73.9 Å². The lowest BCUT2D eigenvalue weighted by Gasteiger charge is -2.14. The highest BCUT2D eigenvalue weighted by atomic mass is 32.2. The van der Waals surface area contributed by atoms with E-state index in [1.165, 1.54) is 13.2 Å². The number of rotatable bonds is 8. The lowest BCUT2D eigenvalue weighted by Crippen LogP contribution is -2.14. The zero-order valence-electron chi connectivity index (χ0n) is 14.8. The number of ether oxygens (including phenoxy) is 3. The van der Waals surface area contributed by atoms with Crippen molar-refractivity contribution in [1.29, 1.82) is 0 Å². The smallest absolute Gasteiger partial charge is 0.262 e. The van der Waals surface area contributed by atoms with Crippen LogP contribution in [0.5, 0.6) is 11.5 Å². The maximum atomic E-state index is 12.7. The Morgan fingerprint density at radius 2 is 1.68 bits per heavy atom. The molecule has 0 amide bonds. The van der Waals surface area contributed by atoms with E-state index in [4.69, 9.17) is 14.2 Å². The molecule has 136 valence electrons. The Bertz CT molecular complexity index is 833. The van der Waals surface area contributed by atoms with E-state index in [2.05, 4.69) is 4.72 Å². The third-order valence-corrected chi connectivity index (χ3v) is 4.96. The van der Waals surface area contributed by atoms with Crippen molar-refractivity contribution in [2.24, 2.45) is 0 Å². The van der Waals surface area contributed by atoms with Gasteiger partial charge in [-0.3, -0.25) is 4.72 Å². The molecule has 0 heterocycles. The average molecular weight is 365 g/mol. The predicted octanol–water partition coefficient (Wildman–Crippen LogP) is 3.14. The molecular weight excluding hydrogens is 342 g/mol. The molecule has 0 bridgehead atoms. The molecule has 0 saturated carbocycles. The Hall–Kier alpha value is -2.25. The zero-order chi connectivity index (χ0) is 18.4. The molecule has 2 rings (SSSR count). The Kier molecular flexibility index (Phi) is 6.27. The van der Waals surface area contributed by atoms with E-state index in [1.54, 1.807) is 38.3 Å². The molecule has 6 nitrogen and oxygen atoms in total. The summed E-state index contributed by atoms with van der Waals surface area (Å²) < 4.78 is 43.6. The fourth-order valence-electron chi connectivity index (χ4n) is 2.29. The second-order valence-electron chi connectivity index (χ2n) is 5.58. The molecular formula is C18H23NO5S. The molecule has 2 aromatic rings. The molecule has 0 radical (unpaired) electrons. The Morgan fingerprint density at radius 3 is 2.32 bits per heavy atom. The van der Waals surface area contributed by atoms with Gasteiger partial charge in [0.15, 0.2) is 0 Å². The third-order valence-electron chi connectivity index (χ3n) is 3.60. The quantitative estimate of drug-likeness (QED) is 0.728. The average Bonchev–Trinajstić information content (AvgIpc) is 2.56. The first kappa shape index (κ1) is 19.1. The summed E-state index contributed by atoms with van der Waals surface area (Å²) in [5.74, 6) is 1.09. The van der Waals surface area contributed by atoms with E-state index >= 15 is 0 Å². The van der Waals surface area contributed by atoms with Crippen LogP contribution in [-0.4, -0.2) is 35.9 Å². The van der Waals surface area contributed by atoms with Gasteiger partial charge in [0.05, 0.1) is 24.3 Å². The van der Waals surface area contributed by atoms with Crippen LogP contribution in [0.15, 0.2) is 41.3 Å². The summed E-state index contributed by atoms with van der Waals surface area (Å²) in [7, 11) is -0.644. The van der Waals surface area contributed by atoms with Gasteiger partial charge in [-0.1, -0.05) is 6.07 Å². The van der Waals surface area contributed by atoms with E-state index < -0.39 is 10.0 Å². The number of hydrogen-bond acceptors (Lipinski definition) is 5. The van der Waals surface area contributed by atoms with Crippen LogP contribution in [0, 0.1) is 13.8 Å². The van der Waals surface area contributed by atoms with E-state index in [9.17, 15) is 8.42 Å². The minimum atomic E-state index is -3.74. The summed E-state index contributed by atoms with van der Waals surface area (Å²) >= 11 is 0. The number of aryl methyl sites for hydroxylation is 2. The van der Waals surface area contributed by atoms with Gasteiger partial charge in [0, 0.05) is 7.11 Å². The number of sulfonamides is 1. The van der Waals surface area contributed by atoms with Crippen LogP contribution < -0.4 is 14.2 Å². The van der Waals surface area contributed by atoms with Gasteiger partial charge in [-0.25, -0.2) is 8.42 Å². The van der Waals surface area contributed by atoms with Crippen LogP contribution >= 0.6 is 0 Å². The summed E-state index contributed by atoms with van der Waals surface area (Å²) in [6.45, 7) is 4.55. The Morgan fingerprint density at radius 1 is 0.960 bits per heavy atom. The first-order valence-corrected chi connectivity index (χ1v) is 9.25. The number of anilines is 1. The molecule has 0 aliphatic rings. The summed E-state index contributed by atoms with van der Waals surface area (Å²) in [6, 6.07) is 10.0. The van der Waals surface area contributed by atoms with Crippen molar-refractivity contribution in [2.75, 3.05) is 32.2 Å². The molecule has 25 heavy (non-hydrogen) atoms. The van der Waals surface area contributed by atoms with Gasteiger partial charge < -0.3 is 14.2 Å². The second kappa shape index (κ2) is 8.22. The summed E-state index contributed by atoms with van der Waals surface area (Å²) in [5.41, 5.74) is 2.06. The first-order chi connectivity index (χ1) is 11.9. The van der Waals surface area contributed by atoms with Crippen molar-refractivity contribution in [2.45, 2.75) is 18.7 Å². The van der Waals surface area contributed by atoms with Crippen LogP contribution in [-0.2, 0) is 14.8 Å². The van der Waals surface area contributed by atoms with E-state index in [1.807, 2.05) is 13.0 Å². The van der Waals surface area contributed by atoms with E-state index in [-0.39, 0.29) is 4.90 Å². The molecule has 0 unspecified atom stereocenters. The number of methoxy groups -OCH3 is 2. The van der Waals surface area contributed by atoms with Crippen LogP contribution in [0.4, 0.5) is 5.69 Å². The first-order valence-electron chi connectivity index (χ1n) is 7.77. The van der Waals surface area contributed by atoms with Crippen LogP contribution in [0.2, 0.25) is 0 Å². The fraction of sp³-hybridized carbons (Fsp3) is 0.333. The van der Waals surface area contributed by atoms with Gasteiger partial charge in [-0.15, -0.1) is 0 Å². The van der Waals surface area contributed by atoms with Crippen LogP contribution in [0.3, 0.4) is 0 Å². The van der Waals surface area contributed by atoms with Gasteiger partial charge >= 0.3 is 0 Å². The standard InChI is InChI=1S/C18H23NO5S/c1-13-5-7-18(23-4)16(11-13)19-25(20,21)15-6-8-17(14(2)12-15)24-10-9-22-3/h5-8,11-12,19H,9-10H2,1-4H3. The van der Waals surface area contributed by atoms with Gasteiger partial charge in [0.25, 0.3) is 10.0 Å². The molecule has 0 saturated heterocycles. The number of nitrogens with one attached hydrogen (secondary N) is 1. The van der Waals surface area contributed by atoms with Crippen molar-refractivity contribution in [3.05, 3.63) is 47.5 Å². The highest BCUT2D eigenvalue weighted by Gasteiger charge is 2.18. The molecule has 0 spiro atoms. The second-order valence-corrected chi connectivity index (χ2v) is 7.26. The monoisotopic (exact) mass is 365 g/mol. The van der Waals surface area contributed by atoms with E-state index in [0.29, 0.717) is 30.4 Å². The minimum Gasteiger partial charge on any atom is -0.495 e. The predicted molar refractivity (Wildman–Crippen MR) is 97.1 cm³/mol. The van der Waals surface area contributed by atoms with Gasteiger partial charge in [0.2, 0.25) is 0 Å². The van der Waals surface area contributed by atoms with Crippen molar-refractivity contribution in [3.8, 4) is 11.5 Å². The van der Waals surface area contributed by atoms with Crippen molar-refractivity contribution in [3.63, 3.8) is 0 Å². The van der Waals surface area contributed by atoms with Crippen molar-refractivity contribution >= 4 is 15.7 Å². The number of benzene rings is 2. The number of hydrogen-bond donors (Lipinski definition) is 1.